The summed E-state index contributed by atoms with van der Waals surface area (Å²) in [4.78, 5) is 27.8. The third-order valence-electron chi connectivity index (χ3n) is 5.58. The number of nitrogens with one attached hydrogen (secondary N) is 2. The Bertz CT molecular complexity index is 1050. The summed E-state index contributed by atoms with van der Waals surface area (Å²) in [6.07, 6.45) is 1.35. The molecular weight excluding hydrogens is 382 g/mol. The number of thiophene rings is 1. The number of fused-ring (bicyclic) bond motifs is 2. The second-order valence-electron chi connectivity index (χ2n) is 7.42. The van der Waals surface area contributed by atoms with E-state index in [1.54, 1.807) is 25.3 Å². The summed E-state index contributed by atoms with van der Waals surface area (Å²) >= 11 is 1.69. The molecule has 0 aliphatic carbocycles. The summed E-state index contributed by atoms with van der Waals surface area (Å²) in [6, 6.07) is 15.4. The van der Waals surface area contributed by atoms with Crippen LogP contribution in [0.4, 0.5) is 5.69 Å². The van der Waals surface area contributed by atoms with Gasteiger partial charge in [0, 0.05) is 10.4 Å². The highest BCUT2D eigenvalue weighted by Gasteiger charge is 2.32. The van der Waals surface area contributed by atoms with Crippen LogP contribution in [0.25, 0.3) is 10.1 Å². The van der Waals surface area contributed by atoms with Crippen LogP contribution in [0.3, 0.4) is 0 Å². The lowest BCUT2D eigenvalue weighted by Gasteiger charge is -2.27. The molecule has 2 atom stereocenters. The van der Waals surface area contributed by atoms with E-state index >= 15 is 0 Å². The first-order valence-electron chi connectivity index (χ1n) is 9.90. The summed E-state index contributed by atoms with van der Waals surface area (Å²) in [7, 11) is 1.74. The third-order valence-corrected chi connectivity index (χ3v) is 6.59. The van der Waals surface area contributed by atoms with Crippen LogP contribution in [0.5, 0.6) is 0 Å². The molecule has 0 fully saturated rings. The van der Waals surface area contributed by atoms with Crippen LogP contribution >= 0.6 is 11.3 Å². The van der Waals surface area contributed by atoms with E-state index in [9.17, 15) is 9.59 Å². The number of nitrogens with zero attached hydrogens (tertiary/aromatic N) is 1. The van der Waals surface area contributed by atoms with Gasteiger partial charge in [-0.15, -0.1) is 11.3 Å². The topological polar surface area (TPSA) is 61.4 Å². The van der Waals surface area contributed by atoms with E-state index in [2.05, 4.69) is 34.2 Å². The van der Waals surface area contributed by atoms with Crippen molar-refractivity contribution in [3.8, 4) is 0 Å². The molecule has 2 N–H and O–H groups in total. The van der Waals surface area contributed by atoms with Gasteiger partial charge in [-0.2, -0.15) is 0 Å². The van der Waals surface area contributed by atoms with Gasteiger partial charge in [0.25, 0.3) is 0 Å². The van der Waals surface area contributed by atoms with Crippen LogP contribution in [-0.2, 0) is 22.6 Å². The zero-order valence-electron chi connectivity index (χ0n) is 16.6. The minimum atomic E-state index is -0.532. The summed E-state index contributed by atoms with van der Waals surface area (Å²) in [5.74, 6) is -0.209. The maximum atomic E-state index is 13.5. The Balaban J connectivity index is 1.68. The molecule has 150 valence electrons. The molecule has 3 aromatic rings. The minimum Gasteiger partial charge on any atom is -0.343 e. The normalized spacial score (nSPS) is 17.7. The fourth-order valence-electron chi connectivity index (χ4n) is 3.77. The zero-order chi connectivity index (χ0) is 20.4. The van der Waals surface area contributed by atoms with Gasteiger partial charge in [-0.25, -0.2) is 0 Å². The fraction of sp³-hybridized carbons (Fsp3) is 0.304. The van der Waals surface area contributed by atoms with Crippen molar-refractivity contribution >= 4 is 38.9 Å². The molecule has 5 nitrogen and oxygen atoms in total. The Morgan fingerprint density at radius 1 is 1.21 bits per heavy atom. The highest BCUT2D eigenvalue weighted by atomic mass is 32.1. The van der Waals surface area contributed by atoms with Crippen molar-refractivity contribution in [1.29, 1.82) is 0 Å². The Morgan fingerprint density at radius 2 is 1.97 bits per heavy atom. The molecule has 1 unspecified atom stereocenters. The number of benzene rings is 2. The minimum absolute atomic E-state index is 0.0538. The molecule has 0 saturated heterocycles. The lowest BCUT2D eigenvalue weighted by molar-refractivity contribution is -0.128. The van der Waals surface area contributed by atoms with Crippen LogP contribution in [0, 0.1) is 0 Å². The number of hydrogen-bond donors (Lipinski definition) is 2. The first kappa shape index (κ1) is 19.6. The van der Waals surface area contributed by atoms with E-state index in [1.165, 1.54) is 10.1 Å². The lowest BCUT2D eigenvalue weighted by atomic mass is 10.1. The smallest absolute Gasteiger partial charge is 0.249 e. The van der Waals surface area contributed by atoms with Gasteiger partial charge in [0.1, 0.15) is 6.04 Å². The SMILES string of the molecule is CNC(C)C(=O)N[C@H]1CCc2ccccc2N(Cc2csc3ccccc23)C1=O. The molecule has 0 radical (unpaired) electrons. The van der Waals surface area contributed by atoms with Crippen LogP contribution in [0.1, 0.15) is 24.5 Å². The van der Waals surface area contributed by atoms with Gasteiger partial charge in [-0.05, 0) is 60.8 Å². The summed E-state index contributed by atoms with van der Waals surface area (Å²) in [6.45, 7) is 2.29. The fourth-order valence-corrected chi connectivity index (χ4v) is 4.72. The van der Waals surface area contributed by atoms with Gasteiger partial charge >= 0.3 is 0 Å². The first-order chi connectivity index (χ1) is 14.1. The van der Waals surface area contributed by atoms with E-state index in [0.717, 1.165) is 23.2 Å². The Labute approximate surface area is 174 Å². The lowest BCUT2D eigenvalue weighted by Crippen LogP contribution is -2.52. The number of carbonyl (C=O) groups is 2. The second kappa shape index (κ2) is 8.35. The molecule has 1 aliphatic heterocycles. The monoisotopic (exact) mass is 407 g/mol. The van der Waals surface area contributed by atoms with Crippen LogP contribution in [0.2, 0.25) is 0 Å². The average Bonchev–Trinajstić information content (AvgIpc) is 3.11. The van der Waals surface area contributed by atoms with E-state index in [-0.39, 0.29) is 17.9 Å². The van der Waals surface area contributed by atoms with Crippen LogP contribution in [0.15, 0.2) is 53.9 Å². The first-order valence-corrected chi connectivity index (χ1v) is 10.8. The van der Waals surface area contributed by atoms with Crippen molar-refractivity contribution in [3.05, 3.63) is 65.0 Å². The Kier molecular flexibility index (Phi) is 5.65. The van der Waals surface area contributed by atoms with Gasteiger partial charge < -0.3 is 15.5 Å². The Hall–Kier alpha value is -2.70. The zero-order valence-corrected chi connectivity index (χ0v) is 17.5. The van der Waals surface area contributed by atoms with Crippen molar-refractivity contribution in [2.75, 3.05) is 11.9 Å². The third kappa shape index (κ3) is 3.91. The van der Waals surface area contributed by atoms with Gasteiger partial charge in [0.15, 0.2) is 0 Å². The maximum absolute atomic E-state index is 13.5. The number of anilines is 1. The quantitative estimate of drug-likeness (QED) is 0.681. The number of amides is 2. The second-order valence-corrected chi connectivity index (χ2v) is 8.33. The number of para-hydroxylation sites is 1. The maximum Gasteiger partial charge on any atom is 0.249 e. The van der Waals surface area contributed by atoms with E-state index < -0.39 is 6.04 Å². The van der Waals surface area contributed by atoms with Crippen molar-refractivity contribution in [2.45, 2.75) is 38.4 Å². The van der Waals surface area contributed by atoms with Gasteiger partial charge in [-0.1, -0.05) is 36.4 Å². The molecule has 4 rings (SSSR count). The molecule has 0 saturated carbocycles. The van der Waals surface area contributed by atoms with Crippen LogP contribution in [-0.4, -0.2) is 30.9 Å². The van der Waals surface area contributed by atoms with Crippen molar-refractivity contribution in [1.82, 2.24) is 10.6 Å². The predicted molar refractivity (Wildman–Crippen MR) is 118 cm³/mol. The molecule has 2 amide bonds. The highest BCUT2D eigenvalue weighted by molar-refractivity contribution is 7.17. The van der Waals surface area contributed by atoms with Gasteiger partial charge in [0.05, 0.1) is 12.6 Å². The van der Waals surface area contributed by atoms with Gasteiger partial charge in [0.2, 0.25) is 11.8 Å². The molecule has 1 aliphatic rings. The summed E-state index contributed by atoms with van der Waals surface area (Å²) < 4.78 is 1.21. The molecule has 6 heteroatoms. The number of hydrogen-bond acceptors (Lipinski definition) is 4. The molecule has 0 spiro atoms. The summed E-state index contributed by atoms with van der Waals surface area (Å²) in [5.41, 5.74) is 3.20. The van der Waals surface area contributed by atoms with Crippen molar-refractivity contribution < 1.29 is 9.59 Å². The number of carbonyl (C=O) groups excluding carboxylic acids is 2. The number of rotatable bonds is 5. The van der Waals surface area contributed by atoms with Crippen molar-refractivity contribution in [2.24, 2.45) is 0 Å². The van der Waals surface area contributed by atoms with Crippen molar-refractivity contribution in [3.63, 3.8) is 0 Å². The largest absolute Gasteiger partial charge is 0.343 e. The molecular formula is C23H25N3O2S. The highest BCUT2D eigenvalue weighted by Crippen LogP contribution is 2.32. The number of likely N-dealkylation sites (N-methyl/N-ethyl adjacent to an activating group) is 1. The molecule has 2 aromatic carbocycles. The van der Waals surface area contributed by atoms with E-state index in [4.69, 9.17) is 0 Å². The number of aryl methyl sites for hydroxylation is 1. The molecule has 0 bridgehead atoms. The van der Waals surface area contributed by atoms with Crippen LogP contribution < -0.4 is 15.5 Å². The molecule has 29 heavy (non-hydrogen) atoms. The average molecular weight is 408 g/mol. The predicted octanol–water partition coefficient (Wildman–Crippen LogP) is 3.47. The molecule has 2 heterocycles. The van der Waals surface area contributed by atoms with Gasteiger partial charge in [-0.3, -0.25) is 9.59 Å². The molecule has 1 aromatic heterocycles. The van der Waals surface area contributed by atoms with E-state index in [0.29, 0.717) is 13.0 Å². The summed E-state index contributed by atoms with van der Waals surface area (Å²) in [5, 5.41) is 9.19. The Morgan fingerprint density at radius 3 is 2.79 bits per heavy atom. The standard InChI is InChI=1S/C23H25N3O2S/c1-15(24-2)22(27)25-19-12-11-16-7-3-5-9-20(16)26(23(19)28)13-17-14-29-21-10-6-4-8-18(17)21/h3-10,14-15,19,24H,11-13H2,1-2H3,(H,25,27)/t15?,19-/m0/s1. The van der Waals surface area contributed by atoms with E-state index in [1.807, 2.05) is 35.2 Å².